The predicted octanol–water partition coefficient (Wildman–Crippen LogP) is 3.49. The van der Waals surface area contributed by atoms with E-state index in [-0.39, 0.29) is 30.9 Å². The van der Waals surface area contributed by atoms with Gasteiger partial charge in [-0.15, -0.1) is 12.4 Å². The van der Waals surface area contributed by atoms with Crippen molar-refractivity contribution >= 4 is 41.5 Å². The molecule has 1 aromatic rings. The zero-order valence-electron chi connectivity index (χ0n) is 13.3. The Morgan fingerprint density at radius 3 is 2.62 bits per heavy atom. The number of halogens is 3. The molecule has 0 aromatic heterocycles. The Labute approximate surface area is 158 Å². The number of aliphatic hydroxyl groups is 1. The van der Waals surface area contributed by atoms with Crippen molar-refractivity contribution in [1.29, 1.82) is 0 Å². The molecule has 7 heteroatoms. The van der Waals surface area contributed by atoms with E-state index in [4.69, 9.17) is 23.2 Å². The lowest BCUT2D eigenvalue weighted by atomic mass is 9.85. The lowest BCUT2D eigenvalue weighted by Gasteiger charge is -2.24. The lowest BCUT2D eigenvalue weighted by Crippen LogP contribution is -2.44. The maximum Gasteiger partial charge on any atom is 0.237 e. The van der Waals surface area contributed by atoms with Gasteiger partial charge in [-0.05, 0) is 37.3 Å². The molecule has 2 aliphatic rings. The average molecular weight is 394 g/mol. The second kappa shape index (κ2) is 8.72. The summed E-state index contributed by atoms with van der Waals surface area (Å²) in [6.45, 7) is 0.107. The SMILES string of the molecule is Cl.O=C(NCC(O)c1c(Cl)cccc1Cl)C1CC2CCCCC2N1. The van der Waals surface area contributed by atoms with E-state index >= 15 is 0 Å². The molecule has 24 heavy (non-hydrogen) atoms. The average Bonchev–Trinajstić information content (AvgIpc) is 2.96. The first-order chi connectivity index (χ1) is 11.1. The van der Waals surface area contributed by atoms with Gasteiger partial charge in [0.1, 0.15) is 0 Å². The summed E-state index contributed by atoms with van der Waals surface area (Å²) in [4.78, 5) is 12.3. The molecule has 1 aliphatic heterocycles. The minimum absolute atomic E-state index is 0. The van der Waals surface area contributed by atoms with Crippen LogP contribution in [0.15, 0.2) is 18.2 Å². The van der Waals surface area contributed by atoms with E-state index in [1.165, 1.54) is 19.3 Å². The minimum atomic E-state index is -0.913. The predicted molar refractivity (Wildman–Crippen MR) is 99.0 cm³/mol. The number of hydrogen-bond acceptors (Lipinski definition) is 3. The number of amides is 1. The molecule has 4 unspecified atom stereocenters. The summed E-state index contributed by atoms with van der Waals surface area (Å²) >= 11 is 12.2. The molecule has 1 saturated heterocycles. The van der Waals surface area contributed by atoms with Gasteiger partial charge in [0.15, 0.2) is 0 Å². The summed E-state index contributed by atoms with van der Waals surface area (Å²) in [5.41, 5.74) is 0.462. The number of fused-ring (bicyclic) bond motifs is 1. The van der Waals surface area contributed by atoms with Crippen molar-refractivity contribution in [3.63, 3.8) is 0 Å². The normalized spacial score (nSPS) is 27.0. The van der Waals surface area contributed by atoms with Gasteiger partial charge in [0.2, 0.25) is 5.91 Å². The Morgan fingerprint density at radius 2 is 1.96 bits per heavy atom. The first-order valence-electron chi connectivity index (χ1n) is 8.22. The third-order valence-electron chi connectivity index (χ3n) is 4.98. The maximum absolute atomic E-state index is 12.3. The molecule has 4 atom stereocenters. The summed E-state index contributed by atoms with van der Waals surface area (Å²) in [7, 11) is 0. The highest BCUT2D eigenvalue weighted by atomic mass is 35.5. The Balaban J connectivity index is 0.00000208. The molecule has 2 fully saturated rings. The Morgan fingerprint density at radius 1 is 1.29 bits per heavy atom. The zero-order valence-corrected chi connectivity index (χ0v) is 15.6. The van der Waals surface area contributed by atoms with Crippen LogP contribution in [0.4, 0.5) is 0 Å². The molecule has 1 aromatic carbocycles. The molecular formula is C17H23Cl3N2O2. The summed E-state index contributed by atoms with van der Waals surface area (Å²) < 4.78 is 0. The molecule has 1 heterocycles. The second-order valence-corrected chi connectivity index (χ2v) is 7.32. The van der Waals surface area contributed by atoms with E-state index < -0.39 is 6.10 Å². The molecule has 0 spiro atoms. The van der Waals surface area contributed by atoms with Crippen LogP contribution in [0.1, 0.15) is 43.8 Å². The summed E-state index contributed by atoms with van der Waals surface area (Å²) in [5.74, 6) is 0.559. The van der Waals surface area contributed by atoms with Crippen LogP contribution in [0.2, 0.25) is 10.0 Å². The van der Waals surface area contributed by atoms with E-state index in [1.807, 2.05) is 0 Å². The number of rotatable bonds is 4. The first kappa shape index (κ1) is 19.8. The molecule has 1 amide bonds. The van der Waals surface area contributed by atoms with Crippen LogP contribution < -0.4 is 10.6 Å². The van der Waals surface area contributed by atoms with E-state index in [2.05, 4.69) is 10.6 Å². The molecule has 4 nitrogen and oxygen atoms in total. The maximum atomic E-state index is 12.3. The topological polar surface area (TPSA) is 61.4 Å². The number of hydrogen-bond donors (Lipinski definition) is 3. The van der Waals surface area contributed by atoms with Gasteiger partial charge in [0.25, 0.3) is 0 Å². The van der Waals surface area contributed by atoms with Crippen LogP contribution in [-0.4, -0.2) is 29.6 Å². The van der Waals surface area contributed by atoms with Crippen molar-refractivity contribution in [1.82, 2.24) is 10.6 Å². The van der Waals surface area contributed by atoms with Crippen molar-refractivity contribution in [2.24, 2.45) is 5.92 Å². The molecule has 1 saturated carbocycles. The van der Waals surface area contributed by atoms with Crippen LogP contribution in [0.25, 0.3) is 0 Å². The summed E-state index contributed by atoms with van der Waals surface area (Å²) in [6, 6.07) is 5.40. The number of aliphatic hydroxyl groups excluding tert-OH is 1. The summed E-state index contributed by atoms with van der Waals surface area (Å²) in [5, 5.41) is 17.3. The molecule has 1 aliphatic carbocycles. The lowest BCUT2D eigenvalue weighted by molar-refractivity contribution is -0.123. The van der Waals surface area contributed by atoms with Gasteiger partial charge in [-0.2, -0.15) is 0 Å². The van der Waals surface area contributed by atoms with E-state index in [0.717, 1.165) is 12.8 Å². The fourth-order valence-electron chi connectivity index (χ4n) is 3.77. The largest absolute Gasteiger partial charge is 0.386 e. The number of carbonyl (C=O) groups is 1. The van der Waals surface area contributed by atoms with Gasteiger partial charge in [0.05, 0.1) is 12.1 Å². The Kier molecular flexibility index (Phi) is 7.20. The standard InChI is InChI=1S/C17H22Cl2N2O2.ClH/c18-11-5-3-6-12(19)16(11)15(22)9-20-17(23)14-8-10-4-1-2-7-13(10)21-14;/h3,5-6,10,13-15,21-22H,1-2,4,7-9H2,(H,20,23);1H. The van der Waals surface area contributed by atoms with E-state index in [0.29, 0.717) is 27.6 Å². The van der Waals surface area contributed by atoms with Crippen LogP contribution in [-0.2, 0) is 4.79 Å². The third-order valence-corrected chi connectivity index (χ3v) is 5.64. The van der Waals surface area contributed by atoms with Gasteiger partial charge in [-0.1, -0.05) is 42.1 Å². The van der Waals surface area contributed by atoms with Crippen molar-refractivity contribution in [2.45, 2.75) is 50.3 Å². The van der Waals surface area contributed by atoms with Crippen molar-refractivity contribution < 1.29 is 9.90 Å². The van der Waals surface area contributed by atoms with Gasteiger partial charge < -0.3 is 15.7 Å². The molecule has 134 valence electrons. The van der Waals surface area contributed by atoms with Crippen molar-refractivity contribution in [2.75, 3.05) is 6.54 Å². The number of nitrogens with one attached hydrogen (secondary N) is 2. The zero-order chi connectivity index (χ0) is 16.4. The van der Waals surface area contributed by atoms with Gasteiger partial charge >= 0.3 is 0 Å². The Hall–Kier alpha value is -0.520. The summed E-state index contributed by atoms with van der Waals surface area (Å²) in [6.07, 6.45) is 4.85. The highest BCUT2D eigenvalue weighted by Gasteiger charge is 2.38. The Bertz CT molecular complexity index is 551. The van der Waals surface area contributed by atoms with E-state index in [9.17, 15) is 9.90 Å². The smallest absolute Gasteiger partial charge is 0.237 e. The first-order valence-corrected chi connectivity index (χ1v) is 8.97. The van der Waals surface area contributed by atoms with E-state index in [1.54, 1.807) is 18.2 Å². The third kappa shape index (κ3) is 4.36. The van der Waals surface area contributed by atoms with Crippen LogP contribution in [0, 0.1) is 5.92 Å². The van der Waals surface area contributed by atoms with Crippen LogP contribution >= 0.6 is 35.6 Å². The van der Waals surface area contributed by atoms with Crippen LogP contribution in [0.5, 0.6) is 0 Å². The van der Waals surface area contributed by atoms with Crippen LogP contribution in [0.3, 0.4) is 0 Å². The second-order valence-electron chi connectivity index (χ2n) is 6.50. The van der Waals surface area contributed by atoms with Gasteiger partial charge in [0, 0.05) is 28.2 Å². The minimum Gasteiger partial charge on any atom is -0.386 e. The quantitative estimate of drug-likeness (QED) is 0.734. The molecule has 3 N–H and O–H groups in total. The van der Waals surface area contributed by atoms with Gasteiger partial charge in [-0.3, -0.25) is 4.79 Å². The molecule has 3 rings (SSSR count). The monoisotopic (exact) mass is 392 g/mol. The van der Waals surface area contributed by atoms with Crippen molar-refractivity contribution in [3.05, 3.63) is 33.8 Å². The molecule has 0 radical (unpaired) electrons. The number of carbonyl (C=O) groups excluding carboxylic acids is 1. The highest BCUT2D eigenvalue weighted by Crippen LogP contribution is 2.33. The molecule has 0 bridgehead atoms. The van der Waals surface area contributed by atoms with Gasteiger partial charge in [-0.25, -0.2) is 0 Å². The fourth-order valence-corrected chi connectivity index (χ4v) is 4.42. The van der Waals surface area contributed by atoms with Crippen molar-refractivity contribution in [3.8, 4) is 0 Å². The number of benzene rings is 1. The highest BCUT2D eigenvalue weighted by molar-refractivity contribution is 6.36. The molecular weight excluding hydrogens is 371 g/mol. The fraction of sp³-hybridized carbons (Fsp3) is 0.588.